The largest absolute Gasteiger partial charge is 0.444 e. The second-order valence-electron chi connectivity index (χ2n) is 7.41. The maximum absolute atomic E-state index is 11.5. The molecule has 2 N–H and O–H groups in total. The Morgan fingerprint density at radius 2 is 2.00 bits per heavy atom. The van der Waals surface area contributed by atoms with Crippen LogP contribution in [0.15, 0.2) is 11.6 Å². The fourth-order valence-electron chi connectivity index (χ4n) is 2.04. The number of amides is 1. The number of alkyl carbamates (subject to hydrolysis) is 1. The van der Waals surface area contributed by atoms with Crippen molar-refractivity contribution in [3.05, 3.63) is 11.6 Å². The van der Waals surface area contributed by atoms with Gasteiger partial charge in [-0.05, 0) is 26.8 Å². The molecule has 1 spiro atoms. The van der Waals surface area contributed by atoms with Gasteiger partial charge in [-0.2, -0.15) is 0 Å². The fraction of sp³-hybridized carbons (Fsp3) is 0.800. The first-order valence-electron chi connectivity index (χ1n) is 7.19. The van der Waals surface area contributed by atoms with Gasteiger partial charge in [-0.3, -0.25) is 0 Å². The van der Waals surface area contributed by atoms with Gasteiger partial charge >= 0.3 is 6.09 Å². The van der Waals surface area contributed by atoms with E-state index in [1.54, 1.807) is 26.8 Å². The third kappa shape index (κ3) is 4.18. The number of rotatable bonds is 3. The third-order valence-corrected chi connectivity index (χ3v) is 3.22. The third-order valence-electron chi connectivity index (χ3n) is 3.22. The monoisotopic (exact) mass is 299 g/mol. The first-order valence-corrected chi connectivity index (χ1v) is 7.19. The van der Waals surface area contributed by atoms with E-state index in [0.29, 0.717) is 18.8 Å². The van der Waals surface area contributed by atoms with E-state index >= 15 is 0 Å². The summed E-state index contributed by atoms with van der Waals surface area (Å²) in [7, 11) is 0. The molecule has 21 heavy (non-hydrogen) atoms. The van der Waals surface area contributed by atoms with Gasteiger partial charge in [0.2, 0.25) is 5.79 Å². The van der Waals surface area contributed by atoms with Gasteiger partial charge in [-0.25, -0.2) is 4.79 Å². The maximum Gasteiger partial charge on any atom is 0.407 e. The highest BCUT2D eigenvalue weighted by molar-refractivity contribution is 5.67. The number of hydrogen-bond acceptors (Lipinski definition) is 5. The molecule has 0 aromatic carbocycles. The molecular weight excluding hydrogens is 274 g/mol. The molecule has 0 radical (unpaired) electrons. The van der Waals surface area contributed by atoms with E-state index in [9.17, 15) is 9.90 Å². The van der Waals surface area contributed by atoms with E-state index in [2.05, 4.69) is 19.2 Å². The number of nitrogens with one attached hydrogen (secondary N) is 1. The Kier molecular flexibility index (Phi) is 4.08. The Hall–Kier alpha value is -1.11. The van der Waals surface area contributed by atoms with Crippen LogP contribution in [0.5, 0.6) is 0 Å². The molecule has 0 aromatic heterocycles. The lowest BCUT2D eigenvalue weighted by Gasteiger charge is -2.36. The van der Waals surface area contributed by atoms with E-state index in [1.807, 2.05) is 0 Å². The van der Waals surface area contributed by atoms with E-state index in [-0.39, 0.29) is 12.0 Å². The first kappa shape index (κ1) is 16.3. The number of carbonyl (C=O) groups excluding carboxylic acids is 1. The SMILES string of the molecule is CC1(C)COC2(C=C2C(O)CNC(=O)OC(C)(C)C)OC1. The summed E-state index contributed by atoms with van der Waals surface area (Å²) in [6, 6.07) is 0. The lowest BCUT2D eigenvalue weighted by atomic mass is 9.95. The zero-order chi connectivity index (χ0) is 15.9. The summed E-state index contributed by atoms with van der Waals surface area (Å²) in [5.41, 5.74) is 0.0806. The molecule has 1 unspecified atom stereocenters. The zero-order valence-corrected chi connectivity index (χ0v) is 13.4. The molecule has 0 aromatic rings. The lowest BCUT2D eigenvalue weighted by Crippen LogP contribution is -2.43. The molecule has 1 amide bonds. The van der Waals surface area contributed by atoms with Gasteiger partial charge in [-0.15, -0.1) is 0 Å². The highest BCUT2D eigenvalue weighted by Gasteiger charge is 2.54. The minimum Gasteiger partial charge on any atom is -0.444 e. The molecule has 0 saturated carbocycles. The minimum absolute atomic E-state index is 0.0213. The number of ether oxygens (including phenoxy) is 3. The van der Waals surface area contributed by atoms with Crippen molar-refractivity contribution in [2.24, 2.45) is 5.41 Å². The van der Waals surface area contributed by atoms with Crippen LogP contribution < -0.4 is 5.32 Å². The topological polar surface area (TPSA) is 77.0 Å². The molecular formula is C15H25NO5. The van der Waals surface area contributed by atoms with Crippen LogP contribution in [-0.2, 0) is 14.2 Å². The van der Waals surface area contributed by atoms with Gasteiger partial charge in [0.25, 0.3) is 0 Å². The van der Waals surface area contributed by atoms with Crippen LogP contribution in [0.1, 0.15) is 34.6 Å². The van der Waals surface area contributed by atoms with Crippen LogP contribution in [0.25, 0.3) is 0 Å². The summed E-state index contributed by atoms with van der Waals surface area (Å²) in [4.78, 5) is 11.5. The number of aliphatic hydroxyl groups is 1. The molecule has 6 heteroatoms. The second kappa shape index (κ2) is 5.26. The van der Waals surface area contributed by atoms with Gasteiger partial charge < -0.3 is 24.6 Å². The normalized spacial score (nSPS) is 24.2. The van der Waals surface area contributed by atoms with Crippen LogP contribution in [0.3, 0.4) is 0 Å². The van der Waals surface area contributed by atoms with Gasteiger partial charge in [-0.1, -0.05) is 13.8 Å². The summed E-state index contributed by atoms with van der Waals surface area (Å²) in [6.07, 6.45) is 0.367. The molecule has 6 nitrogen and oxygen atoms in total. The van der Waals surface area contributed by atoms with Crippen LogP contribution >= 0.6 is 0 Å². The van der Waals surface area contributed by atoms with Crippen molar-refractivity contribution >= 4 is 6.09 Å². The van der Waals surface area contributed by atoms with Gasteiger partial charge in [0.05, 0.1) is 25.9 Å². The summed E-state index contributed by atoms with van der Waals surface area (Å²) in [6.45, 7) is 10.7. The molecule has 120 valence electrons. The maximum atomic E-state index is 11.5. The second-order valence-corrected chi connectivity index (χ2v) is 7.41. The fourth-order valence-corrected chi connectivity index (χ4v) is 2.04. The van der Waals surface area contributed by atoms with Gasteiger partial charge in [0, 0.05) is 11.0 Å². The summed E-state index contributed by atoms with van der Waals surface area (Å²) in [5, 5.41) is 12.6. The smallest absolute Gasteiger partial charge is 0.407 e. The molecule has 1 atom stereocenters. The van der Waals surface area contributed by atoms with Crippen molar-refractivity contribution in [3.63, 3.8) is 0 Å². The van der Waals surface area contributed by atoms with Crippen molar-refractivity contribution in [3.8, 4) is 0 Å². The number of hydrogen-bond donors (Lipinski definition) is 2. The van der Waals surface area contributed by atoms with Crippen LogP contribution in [0, 0.1) is 5.41 Å². The molecule has 0 bridgehead atoms. The summed E-state index contributed by atoms with van der Waals surface area (Å²) >= 11 is 0. The zero-order valence-electron chi connectivity index (χ0n) is 13.4. The quantitative estimate of drug-likeness (QED) is 0.774. The van der Waals surface area contributed by atoms with E-state index in [4.69, 9.17) is 14.2 Å². The Morgan fingerprint density at radius 3 is 2.52 bits per heavy atom. The Balaban J connectivity index is 1.75. The number of aliphatic hydroxyl groups excluding tert-OH is 1. The van der Waals surface area contributed by atoms with Crippen molar-refractivity contribution in [2.45, 2.75) is 52.1 Å². The first-order chi connectivity index (χ1) is 9.53. The van der Waals surface area contributed by atoms with Crippen molar-refractivity contribution in [2.75, 3.05) is 19.8 Å². The van der Waals surface area contributed by atoms with E-state index in [0.717, 1.165) is 0 Å². The Morgan fingerprint density at radius 1 is 1.43 bits per heavy atom. The van der Waals surface area contributed by atoms with Crippen LogP contribution in [0.4, 0.5) is 4.79 Å². The molecule has 1 fully saturated rings. The van der Waals surface area contributed by atoms with Gasteiger partial charge in [0.1, 0.15) is 5.60 Å². The highest BCUT2D eigenvalue weighted by atomic mass is 16.7. The van der Waals surface area contributed by atoms with Crippen molar-refractivity contribution in [1.82, 2.24) is 5.32 Å². The lowest BCUT2D eigenvalue weighted by molar-refractivity contribution is -0.233. The van der Waals surface area contributed by atoms with Crippen molar-refractivity contribution < 1.29 is 24.1 Å². The number of carbonyl (C=O) groups is 1. The average molecular weight is 299 g/mol. The van der Waals surface area contributed by atoms with Crippen LogP contribution in [-0.4, -0.2) is 48.5 Å². The highest BCUT2D eigenvalue weighted by Crippen LogP contribution is 2.46. The molecule has 2 rings (SSSR count). The van der Waals surface area contributed by atoms with Crippen molar-refractivity contribution in [1.29, 1.82) is 0 Å². The molecule has 1 heterocycles. The predicted octanol–water partition coefficient (Wildman–Crippen LogP) is 1.58. The minimum atomic E-state index is -0.857. The standard InChI is InChI=1S/C15H25NO5/c1-13(2,3)21-12(18)16-7-11(17)10-6-15(10)19-8-14(4,5)9-20-15/h6,11,17H,7-9H2,1-5H3,(H,16,18). The molecule has 1 saturated heterocycles. The van der Waals surface area contributed by atoms with Gasteiger partial charge in [0.15, 0.2) is 0 Å². The Bertz CT molecular complexity index is 439. The molecule has 1 aliphatic carbocycles. The average Bonchev–Trinajstić information content (AvgIpc) is 3.04. The molecule has 1 aliphatic heterocycles. The molecule has 2 aliphatic rings. The Labute approximate surface area is 125 Å². The van der Waals surface area contributed by atoms with E-state index in [1.165, 1.54) is 0 Å². The van der Waals surface area contributed by atoms with Crippen LogP contribution in [0.2, 0.25) is 0 Å². The summed E-state index contributed by atoms with van der Waals surface area (Å²) in [5.74, 6) is -0.857. The van der Waals surface area contributed by atoms with E-state index < -0.39 is 23.6 Å². The predicted molar refractivity (Wildman–Crippen MR) is 76.7 cm³/mol. The summed E-state index contributed by atoms with van der Waals surface area (Å²) < 4.78 is 16.5.